The normalized spacial score (nSPS) is 14.9. The second-order valence-corrected chi connectivity index (χ2v) is 8.27. The Balaban J connectivity index is 1.78. The lowest BCUT2D eigenvalue weighted by molar-refractivity contribution is -0.122. The number of hydrogen-bond donors (Lipinski definition) is 1. The zero-order valence-corrected chi connectivity index (χ0v) is 18.5. The minimum absolute atomic E-state index is 0.0857. The molecule has 1 amide bonds. The van der Waals surface area contributed by atoms with Gasteiger partial charge in [-0.15, -0.1) is 0 Å². The number of amides is 1. The van der Waals surface area contributed by atoms with Crippen LogP contribution in [0, 0.1) is 13.8 Å². The molecule has 0 spiro atoms. The van der Waals surface area contributed by atoms with Crippen molar-refractivity contribution in [3.63, 3.8) is 0 Å². The van der Waals surface area contributed by atoms with Crippen molar-refractivity contribution in [1.29, 1.82) is 0 Å². The third kappa shape index (κ3) is 5.53. The fourth-order valence-corrected chi connectivity index (χ4v) is 4.25. The molecule has 0 aliphatic heterocycles. The highest BCUT2D eigenvalue weighted by molar-refractivity contribution is 5.92. The van der Waals surface area contributed by atoms with E-state index in [2.05, 4.69) is 41.1 Å². The van der Waals surface area contributed by atoms with Crippen molar-refractivity contribution in [3.05, 3.63) is 47.2 Å². The number of aromatic nitrogens is 1. The van der Waals surface area contributed by atoms with Crippen molar-refractivity contribution in [3.8, 4) is 11.3 Å². The molecular formula is C25H34N2O3. The number of benzene rings is 1. The Morgan fingerprint density at radius 2 is 1.73 bits per heavy atom. The zero-order valence-electron chi connectivity index (χ0n) is 18.5. The standard InChI is InChI=1S/C25H34N2O3/c1-4-30-25(29)22-17-23(20-13-11-18(2)12-14-20)27(19(22)3)16-15-24(28)26-21-9-7-5-6-8-10-21/h11-14,17,21H,4-10,15-16H2,1-3H3,(H,26,28). The molecular weight excluding hydrogens is 376 g/mol. The molecule has 1 aliphatic rings. The average Bonchev–Trinajstić information content (AvgIpc) is 2.88. The van der Waals surface area contributed by atoms with Gasteiger partial charge in [-0.2, -0.15) is 0 Å². The Morgan fingerprint density at radius 3 is 2.37 bits per heavy atom. The summed E-state index contributed by atoms with van der Waals surface area (Å²) < 4.78 is 7.31. The molecule has 1 N–H and O–H groups in total. The molecule has 1 fully saturated rings. The van der Waals surface area contributed by atoms with Crippen LogP contribution in [-0.4, -0.2) is 29.1 Å². The molecule has 3 rings (SSSR count). The summed E-state index contributed by atoms with van der Waals surface area (Å²) in [5, 5.41) is 3.22. The van der Waals surface area contributed by atoms with Gasteiger partial charge in [0.15, 0.2) is 0 Å². The lowest BCUT2D eigenvalue weighted by atomic mass is 10.1. The van der Waals surface area contributed by atoms with Crippen LogP contribution in [-0.2, 0) is 16.1 Å². The molecule has 1 aromatic heterocycles. The number of rotatable bonds is 7. The van der Waals surface area contributed by atoms with Crippen molar-refractivity contribution >= 4 is 11.9 Å². The van der Waals surface area contributed by atoms with E-state index in [1.165, 1.54) is 31.2 Å². The monoisotopic (exact) mass is 410 g/mol. The van der Waals surface area contributed by atoms with Gasteiger partial charge < -0.3 is 14.6 Å². The molecule has 0 unspecified atom stereocenters. The third-order valence-corrected chi connectivity index (χ3v) is 5.99. The lowest BCUT2D eigenvalue weighted by Crippen LogP contribution is -2.34. The molecule has 30 heavy (non-hydrogen) atoms. The Bertz CT molecular complexity index is 859. The van der Waals surface area contributed by atoms with Crippen LogP contribution in [0.3, 0.4) is 0 Å². The molecule has 0 radical (unpaired) electrons. The van der Waals surface area contributed by atoms with Crippen molar-refractivity contribution in [2.45, 2.75) is 78.3 Å². The van der Waals surface area contributed by atoms with Gasteiger partial charge in [-0.05, 0) is 45.2 Å². The quantitative estimate of drug-likeness (QED) is 0.505. The van der Waals surface area contributed by atoms with Crippen LogP contribution in [0.2, 0.25) is 0 Å². The van der Waals surface area contributed by atoms with Gasteiger partial charge in [-0.1, -0.05) is 55.5 Å². The number of hydrogen-bond acceptors (Lipinski definition) is 3. The van der Waals surface area contributed by atoms with Crippen LogP contribution in [0.25, 0.3) is 11.3 Å². The highest BCUT2D eigenvalue weighted by Gasteiger charge is 2.21. The Kier molecular flexibility index (Phi) is 7.72. The van der Waals surface area contributed by atoms with E-state index in [-0.39, 0.29) is 11.9 Å². The first-order chi connectivity index (χ1) is 14.5. The first-order valence-corrected chi connectivity index (χ1v) is 11.2. The van der Waals surface area contributed by atoms with E-state index >= 15 is 0 Å². The van der Waals surface area contributed by atoms with E-state index in [1.807, 2.05) is 19.9 Å². The van der Waals surface area contributed by atoms with E-state index in [0.717, 1.165) is 29.8 Å². The topological polar surface area (TPSA) is 60.3 Å². The Labute approximate surface area is 179 Å². The van der Waals surface area contributed by atoms with Gasteiger partial charge in [0.2, 0.25) is 5.91 Å². The smallest absolute Gasteiger partial charge is 0.339 e. The summed E-state index contributed by atoms with van der Waals surface area (Å²) in [7, 11) is 0. The van der Waals surface area contributed by atoms with Crippen molar-refractivity contribution < 1.29 is 14.3 Å². The summed E-state index contributed by atoms with van der Waals surface area (Å²) in [6, 6.07) is 10.4. The number of aryl methyl sites for hydroxylation is 1. The van der Waals surface area contributed by atoms with Crippen molar-refractivity contribution in [1.82, 2.24) is 9.88 Å². The summed E-state index contributed by atoms with van der Waals surface area (Å²) in [6.45, 7) is 6.66. The molecule has 0 bridgehead atoms. The van der Waals surface area contributed by atoms with E-state index in [9.17, 15) is 9.59 Å². The number of ether oxygens (including phenoxy) is 1. The molecule has 0 atom stereocenters. The molecule has 1 saturated carbocycles. The summed E-state index contributed by atoms with van der Waals surface area (Å²) in [4.78, 5) is 25.1. The molecule has 0 saturated heterocycles. The fourth-order valence-electron chi connectivity index (χ4n) is 4.25. The van der Waals surface area contributed by atoms with Crippen LogP contribution in [0.4, 0.5) is 0 Å². The number of nitrogens with one attached hydrogen (secondary N) is 1. The van der Waals surface area contributed by atoms with Crippen LogP contribution in [0.15, 0.2) is 30.3 Å². The summed E-state index contributed by atoms with van der Waals surface area (Å²) in [5.41, 5.74) is 4.56. The maximum absolute atomic E-state index is 12.6. The first kappa shape index (κ1) is 22.1. The highest BCUT2D eigenvalue weighted by Crippen LogP contribution is 2.27. The summed E-state index contributed by atoms with van der Waals surface area (Å²) in [5.74, 6) is -0.229. The van der Waals surface area contributed by atoms with Gasteiger partial charge in [0.05, 0.1) is 12.2 Å². The van der Waals surface area contributed by atoms with E-state index in [0.29, 0.717) is 31.2 Å². The maximum Gasteiger partial charge on any atom is 0.339 e. The summed E-state index contributed by atoms with van der Waals surface area (Å²) >= 11 is 0. The molecule has 5 nitrogen and oxygen atoms in total. The van der Waals surface area contributed by atoms with Crippen LogP contribution in [0.1, 0.15) is 73.5 Å². The Hall–Kier alpha value is -2.56. The van der Waals surface area contributed by atoms with E-state index in [1.54, 1.807) is 0 Å². The molecule has 5 heteroatoms. The lowest BCUT2D eigenvalue weighted by Gasteiger charge is -2.17. The molecule has 162 valence electrons. The van der Waals surface area contributed by atoms with Gasteiger partial charge in [-0.3, -0.25) is 4.79 Å². The van der Waals surface area contributed by atoms with Gasteiger partial charge in [0.1, 0.15) is 0 Å². The predicted molar refractivity (Wildman–Crippen MR) is 120 cm³/mol. The fraction of sp³-hybridized carbons (Fsp3) is 0.520. The molecule has 2 aromatic rings. The second kappa shape index (κ2) is 10.5. The number of carbonyl (C=O) groups excluding carboxylic acids is 2. The SMILES string of the molecule is CCOC(=O)c1cc(-c2ccc(C)cc2)n(CCC(=O)NC2CCCCCC2)c1C. The second-order valence-electron chi connectivity index (χ2n) is 8.27. The minimum atomic E-state index is -0.315. The maximum atomic E-state index is 12.6. The number of esters is 1. The van der Waals surface area contributed by atoms with Crippen molar-refractivity contribution in [2.24, 2.45) is 0 Å². The van der Waals surface area contributed by atoms with Gasteiger partial charge >= 0.3 is 5.97 Å². The largest absolute Gasteiger partial charge is 0.462 e. The van der Waals surface area contributed by atoms with Gasteiger partial charge in [-0.25, -0.2) is 4.79 Å². The third-order valence-electron chi connectivity index (χ3n) is 5.99. The number of carbonyl (C=O) groups is 2. The van der Waals surface area contributed by atoms with Gasteiger partial charge in [0, 0.05) is 30.4 Å². The van der Waals surface area contributed by atoms with Gasteiger partial charge in [0.25, 0.3) is 0 Å². The van der Waals surface area contributed by atoms with E-state index in [4.69, 9.17) is 4.74 Å². The molecule has 1 aromatic carbocycles. The average molecular weight is 411 g/mol. The minimum Gasteiger partial charge on any atom is -0.462 e. The van der Waals surface area contributed by atoms with Crippen LogP contribution in [0.5, 0.6) is 0 Å². The van der Waals surface area contributed by atoms with Crippen molar-refractivity contribution in [2.75, 3.05) is 6.61 Å². The Morgan fingerprint density at radius 1 is 1.07 bits per heavy atom. The number of nitrogens with zero attached hydrogens (tertiary/aromatic N) is 1. The van der Waals surface area contributed by atoms with Crippen LogP contribution >= 0.6 is 0 Å². The molecule has 1 aliphatic carbocycles. The predicted octanol–water partition coefficient (Wildman–Crippen LogP) is 5.18. The first-order valence-electron chi connectivity index (χ1n) is 11.2. The molecule has 1 heterocycles. The van der Waals surface area contributed by atoms with E-state index < -0.39 is 0 Å². The zero-order chi connectivity index (χ0) is 21.5. The summed E-state index contributed by atoms with van der Waals surface area (Å²) in [6.07, 6.45) is 7.49. The highest BCUT2D eigenvalue weighted by atomic mass is 16.5. The van der Waals surface area contributed by atoms with Crippen LogP contribution < -0.4 is 5.32 Å².